The van der Waals surface area contributed by atoms with Crippen molar-refractivity contribution in [2.75, 3.05) is 25.3 Å². The van der Waals surface area contributed by atoms with E-state index < -0.39 is 0 Å². The lowest BCUT2D eigenvalue weighted by atomic mass is 10.1. The molecule has 0 aliphatic heterocycles. The van der Waals surface area contributed by atoms with Crippen molar-refractivity contribution in [2.45, 2.75) is 0 Å². The number of hydrogen-bond acceptors (Lipinski definition) is 6. The molecule has 0 radical (unpaired) electrons. The third-order valence-electron chi connectivity index (χ3n) is 3.35. The fourth-order valence-electron chi connectivity index (χ4n) is 2.18. The smallest absolute Gasteiger partial charge is 0.187 e. The average Bonchev–Trinajstić information content (AvgIpc) is 3.03. The zero-order chi connectivity index (χ0) is 16.2. The third-order valence-corrected chi connectivity index (χ3v) is 4.11. The van der Waals surface area contributed by atoms with Gasteiger partial charge in [-0.2, -0.15) is 0 Å². The first-order chi connectivity index (χ1) is 11.2. The summed E-state index contributed by atoms with van der Waals surface area (Å²) in [5.74, 6) is 1.47. The Morgan fingerprint density at radius 1 is 1.09 bits per heavy atom. The van der Waals surface area contributed by atoms with Crippen molar-refractivity contribution < 1.29 is 9.47 Å². The van der Waals surface area contributed by atoms with Gasteiger partial charge in [0.05, 0.1) is 25.6 Å². The number of nitrogens with two attached hydrogens (primary N) is 1. The van der Waals surface area contributed by atoms with E-state index in [9.17, 15) is 0 Å². The Labute approximate surface area is 138 Å². The van der Waals surface area contributed by atoms with Crippen LogP contribution in [0, 0.1) is 0 Å². The van der Waals surface area contributed by atoms with Gasteiger partial charge in [0.2, 0.25) is 0 Å². The fraction of sp³-hybridized carbons (Fsp3) is 0.118. The van der Waals surface area contributed by atoms with E-state index in [-0.39, 0.29) is 0 Å². The summed E-state index contributed by atoms with van der Waals surface area (Å²) in [6, 6.07) is 13.4. The summed E-state index contributed by atoms with van der Waals surface area (Å²) in [4.78, 5) is 4.60. The normalized spacial score (nSPS) is 10.3. The van der Waals surface area contributed by atoms with E-state index in [1.807, 2.05) is 47.8 Å². The molecule has 118 valence electrons. The van der Waals surface area contributed by atoms with Crippen molar-refractivity contribution >= 4 is 27.8 Å². The molecule has 23 heavy (non-hydrogen) atoms. The number of nitrogen functional groups attached to an aromatic ring is 1. The predicted molar refractivity (Wildman–Crippen MR) is 94.8 cm³/mol. The van der Waals surface area contributed by atoms with Crippen LogP contribution in [0.1, 0.15) is 0 Å². The monoisotopic (exact) mass is 327 g/mol. The molecule has 3 rings (SSSR count). The topological polar surface area (TPSA) is 69.4 Å². The van der Waals surface area contributed by atoms with Gasteiger partial charge in [0.25, 0.3) is 0 Å². The summed E-state index contributed by atoms with van der Waals surface area (Å²) in [5.41, 5.74) is 9.31. The molecule has 2 aromatic carbocycles. The first-order valence-electron chi connectivity index (χ1n) is 7.00. The van der Waals surface area contributed by atoms with E-state index in [1.54, 1.807) is 14.2 Å². The van der Waals surface area contributed by atoms with Crippen LogP contribution in [0.4, 0.5) is 16.5 Å². The van der Waals surface area contributed by atoms with Crippen LogP contribution < -0.4 is 20.5 Å². The number of thiazole rings is 1. The number of aromatic nitrogens is 1. The number of rotatable bonds is 5. The summed E-state index contributed by atoms with van der Waals surface area (Å²) in [6.45, 7) is 0. The minimum Gasteiger partial charge on any atom is -0.497 e. The van der Waals surface area contributed by atoms with E-state index in [4.69, 9.17) is 15.2 Å². The molecule has 3 aromatic rings. The minimum atomic E-state index is 0.598. The van der Waals surface area contributed by atoms with Gasteiger partial charge in [-0.05, 0) is 30.3 Å². The Kier molecular flexibility index (Phi) is 4.34. The molecule has 1 heterocycles. The molecule has 0 aliphatic carbocycles. The molecule has 0 aliphatic rings. The first kappa shape index (κ1) is 15.2. The van der Waals surface area contributed by atoms with Gasteiger partial charge < -0.3 is 20.5 Å². The van der Waals surface area contributed by atoms with Crippen molar-refractivity contribution in [3.63, 3.8) is 0 Å². The summed E-state index contributed by atoms with van der Waals surface area (Å²) in [5, 5.41) is 6.08. The van der Waals surface area contributed by atoms with Crippen LogP contribution in [-0.4, -0.2) is 19.2 Å². The summed E-state index contributed by atoms with van der Waals surface area (Å²) < 4.78 is 10.4. The van der Waals surface area contributed by atoms with Gasteiger partial charge in [-0.1, -0.05) is 6.07 Å². The number of nitrogens with one attached hydrogen (secondary N) is 1. The molecule has 1 aromatic heterocycles. The van der Waals surface area contributed by atoms with Crippen molar-refractivity contribution in [3.8, 4) is 22.8 Å². The number of nitrogens with zero attached hydrogens (tertiary/aromatic N) is 1. The number of benzene rings is 2. The number of hydrogen-bond donors (Lipinski definition) is 2. The van der Waals surface area contributed by atoms with Crippen molar-refractivity contribution in [2.24, 2.45) is 0 Å². The van der Waals surface area contributed by atoms with Crippen LogP contribution in [0.15, 0.2) is 47.8 Å². The minimum absolute atomic E-state index is 0.598. The summed E-state index contributed by atoms with van der Waals surface area (Å²) in [7, 11) is 3.25. The van der Waals surface area contributed by atoms with Crippen molar-refractivity contribution in [3.05, 3.63) is 47.8 Å². The van der Waals surface area contributed by atoms with E-state index >= 15 is 0 Å². The molecular formula is C17H17N3O2S. The van der Waals surface area contributed by atoms with Gasteiger partial charge in [0.1, 0.15) is 11.5 Å². The summed E-state index contributed by atoms with van der Waals surface area (Å²) in [6.07, 6.45) is 0. The highest BCUT2D eigenvalue weighted by molar-refractivity contribution is 7.14. The standard InChI is InChI=1S/C17H17N3O2S/c1-21-13-5-3-4-12(9-13)19-17-20-15(10-23-17)11-6-7-16(22-2)14(18)8-11/h3-10H,18H2,1-2H3,(H,19,20). The maximum absolute atomic E-state index is 5.95. The van der Waals surface area contributed by atoms with Crippen LogP contribution >= 0.6 is 11.3 Å². The molecule has 0 bridgehead atoms. The van der Waals surface area contributed by atoms with Crippen LogP contribution in [0.3, 0.4) is 0 Å². The van der Waals surface area contributed by atoms with Gasteiger partial charge in [-0.15, -0.1) is 11.3 Å². The molecule has 0 amide bonds. The molecule has 3 N–H and O–H groups in total. The van der Waals surface area contributed by atoms with E-state index in [2.05, 4.69) is 10.3 Å². The largest absolute Gasteiger partial charge is 0.497 e. The van der Waals surface area contributed by atoms with Crippen LogP contribution in [-0.2, 0) is 0 Å². The Balaban J connectivity index is 1.81. The van der Waals surface area contributed by atoms with Gasteiger partial charge in [-0.3, -0.25) is 0 Å². The maximum atomic E-state index is 5.95. The Morgan fingerprint density at radius 3 is 2.70 bits per heavy atom. The number of methoxy groups -OCH3 is 2. The van der Waals surface area contributed by atoms with Gasteiger partial charge in [0.15, 0.2) is 5.13 Å². The molecule has 0 fully saturated rings. The van der Waals surface area contributed by atoms with E-state index in [0.29, 0.717) is 11.4 Å². The predicted octanol–water partition coefficient (Wildman–Crippen LogP) is 4.15. The van der Waals surface area contributed by atoms with Crippen LogP contribution in [0.25, 0.3) is 11.3 Å². The molecule has 5 nitrogen and oxygen atoms in total. The highest BCUT2D eigenvalue weighted by Gasteiger charge is 2.08. The molecule has 0 spiro atoms. The lowest BCUT2D eigenvalue weighted by Crippen LogP contribution is -1.93. The van der Waals surface area contributed by atoms with E-state index in [1.165, 1.54) is 11.3 Å². The number of ether oxygens (including phenoxy) is 2. The van der Waals surface area contributed by atoms with Crippen LogP contribution in [0.2, 0.25) is 0 Å². The number of anilines is 3. The second-order valence-electron chi connectivity index (χ2n) is 4.85. The Bertz CT molecular complexity index is 817. The van der Waals surface area contributed by atoms with Gasteiger partial charge in [-0.25, -0.2) is 4.98 Å². The molecular weight excluding hydrogens is 310 g/mol. The van der Waals surface area contributed by atoms with Gasteiger partial charge in [0, 0.05) is 22.7 Å². The molecule has 0 atom stereocenters. The highest BCUT2D eigenvalue weighted by atomic mass is 32.1. The second kappa shape index (κ2) is 6.58. The quantitative estimate of drug-likeness (QED) is 0.689. The average molecular weight is 327 g/mol. The molecule has 0 saturated carbocycles. The SMILES string of the molecule is COc1cccc(Nc2nc(-c3ccc(OC)c(N)c3)cs2)c1. The van der Waals surface area contributed by atoms with Crippen LogP contribution in [0.5, 0.6) is 11.5 Å². The highest BCUT2D eigenvalue weighted by Crippen LogP contribution is 2.31. The first-order valence-corrected chi connectivity index (χ1v) is 7.88. The van der Waals surface area contributed by atoms with E-state index in [0.717, 1.165) is 27.8 Å². The second-order valence-corrected chi connectivity index (χ2v) is 5.71. The Hall–Kier alpha value is -2.73. The maximum Gasteiger partial charge on any atom is 0.187 e. The Morgan fingerprint density at radius 2 is 1.96 bits per heavy atom. The fourth-order valence-corrected chi connectivity index (χ4v) is 2.92. The summed E-state index contributed by atoms with van der Waals surface area (Å²) >= 11 is 1.53. The molecule has 0 saturated heterocycles. The third kappa shape index (κ3) is 3.37. The van der Waals surface area contributed by atoms with Crippen molar-refractivity contribution in [1.82, 2.24) is 4.98 Å². The molecule has 0 unspecified atom stereocenters. The zero-order valence-electron chi connectivity index (χ0n) is 12.9. The van der Waals surface area contributed by atoms with Gasteiger partial charge >= 0.3 is 0 Å². The lowest BCUT2D eigenvalue weighted by molar-refractivity contribution is 0.415. The molecule has 6 heteroatoms. The lowest BCUT2D eigenvalue weighted by Gasteiger charge is -2.06. The zero-order valence-corrected chi connectivity index (χ0v) is 13.7. The van der Waals surface area contributed by atoms with Crippen molar-refractivity contribution in [1.29, 1.82) is 0 Å².